The minimum atomic E-state index is 0.141. The highest BCUT2D eigenvalue weighted by Gasteiger charge is 2.17. The van der Waals surface area contributed by atoms with Crippen LogP contribution in [0.4, 0.5) is 5.69 Å². The molecule has 2 nitrogen and oxygen atoms in total. The zero-order valence-electron chi connectivity index (χ0n) is 13.0. The Balaban J connectivity index is 1.96. The Morgan fingerprint density at radius 2 is 1.80 bits per heavy atom. The van der Waals surface area contributed by atoms with Gasteiger partial charge in [-0.05, 0) is 23.6 Å². The number of anilines is 1. The molecular formula is C17H24N2S. The minimum absolute atomic E-state index is 0.141. The topological polar surface area (TPSA) is 24.9 Å². The zero-order valence-corrected chi connectivity index (χ0v) is 13.8. The molecule has 1 heterocycles. The maximum atomic E-state index is 4.52. The minimum Gasteiger partial charge on any atom is -0.380 e. The smallest absolute Gasteiger partial charge is 0.0981 e. The SMILES string of the molecule is CC(C)c1ccc(NCc2cnc(C(C)(C)C)s2)cc1. The van der Waals surface area contributed by atoms with Crippen LogP contribution in [0.25, 0.3) is 0 Å². The van der Waals surface area contributed by atoms with E-state index in [4.69, 9.17) is 0 Å². The molecule has 1 aromatic carbocycles. The normalized spacial score (nSPS) is 11.9. The van der Waals surface area contributed by atoms with E-state index >= 15 is 0 Å². The second-order valence-electron chi connectivity index (χ2n) is 6.51. The molecule has 0 fully saturated rings. The van der Waals surface area contributed by atoms with Gasteiger partial charge in [0.25, 0.3) is 0 Å². The quantitative estimate of drug-likeness (QED) is 0.839. The van der Waals surface area contributed by atoms with Crippen molar-refractivity contribution in [3.05, 3.63) is 45.9 Å². The Labute approximate surface area is 126 Å². The number of benzene rings is 1. The number of hydrogen-bond donors (Lipinski definition) is 1. The van der Waals surface area contributed by atoms with Gasteiger partial charge in [-0.2, -0.15) is 0 Å². The van der Waals surface area contributed by atoms with E-state index in [0.29, 0.717) is 5.92 Å². The summed E-state index contributed by atoms with van der Waals surface area (Å²) < 4.78 is 0. The monoisotopic (exact) mass is 288 g/mol. The lowest BCUT2D eigenvalue weighted by Gasteiger charge is -2.13. The van der Waals surface area contributed by atoms with Crippen LogP contribution in [0.2, 0.25) is 0 Å². The van der Waals surface area contributed by atoms with Gasteiger partial charge < -0.3 is 5.32 Å². The molecule has 108 valence electrons. The maximum Gasteiger partial charge on any atom is 0.0981 e. The van der Waals surface area contributed by atoms with Crippen LogP contribution in [0.1, 0.15) is 56.0 Å². The number of nitrogens with one attached hydrogen (secondary N) is 1. The molecule has 0 atom stereocenters. The Morgan fingerprint density at radius 1 is 1.15 bits per heavy atom. The van der Waals surface area contributed by atoms with Crippen LogP contribution in [-0.2, 0) is 12.0 Å². The van der Waals surface area contributed by atoms with Crippen molar-refractivity contribution in [2.24, 2.45) is 0 Å². The number of hydrogen-bond acceptors (Lipinski definition) is 3. The summed E-state index contributed by atoms with van der Waals surface area (Å²) >= 11 is 1.79. The fraction of sp³-hybridized carbons (Fsp3) is 0.471. The van der Waals surface area contributed by atoms with Crippen LogP contribution in [0.5, 0.6) is 0 Å². The highest BCUT2D eigenvalue weighted by atomic mass is 32.1. The first-order valence-corrected chi connectivity index (χ1v) is 7.97. The van der Waals surface area contributed by atoms with Gasteiger partial charge >= 0.3 is 0 Å². The molecule has 0 aliphatic carbocycles. The summed E-state index contributed by atoms with van der Waals surface area (Å²) in [6.07, 6.45) is 1.99. The molecule has 20 heavy (non-hydrogen) atoms. The van der Waals surface area contributed by atoms with Gasteiger partial charge in [0.2, 0.25) is 0 Å². The molecule has 0 aliphatic rings. The molecule has 0 unspecified atom stereocenters. The molecule has 1 N–H and O–H groups in total. The first-order valence-electron chi connectivity index (χ1n) is 7.15. The van der Waals surface area contributed by atoms with Crippen LogP contribution >= 0.6 is 11.3 Å². The third kappa shape index (κ3) is 3.83. The van der Waals surface area contributed by atoms with Gasteiger partial charge in [-0.15, -0.1) is 11.3 Å². The van der Waals surface area contributed by atoms with Crippen LogP contribution in [0.3, 0.4) is 0 Å². The van der Waals surface area contributed by atoms with Gasteiger partial charge in [-0.1, -0.05) is 46.8 Å². The number of thiazole rings is 1. The Morgan fingerprint density at radius 3 is 2.30 bits per heavy atom. The molecule has 0 saturated carbocycles. The van der Waals surface area contributed by atoms with Crippen LogP contribution in [0, 0.1) is 0 Å². The molecule has 0 radical (unpaired) electrons. The summed E-state index contributed by atoms with van der Waals surface area (Å²) in [6.45, 7) is 11.9. The number of aromatic nitrogens is 1. The lowest BCUT2D eigenvalue weighted by atomic mass is 9.98. The highest BCUT2D eigenvalue weighted by molar-refractivity contribution is 7.11. The second kappa shape index (κ2) is 5.96. The van der Waals surface area contributed by atoms with E-state index < -0.39 is 0 Å². The van der Waals surface area contributed by atoms with Gasteiger partial charge in [0.05, 0.1) is 11.6 Å². The number of rotatable bonds is 4. The predicted octanol–water partition coefficient (Wildman–Crippen LogP) is 5.18. The fourth-order valence-corrected chi connectivity index (χ4v) is 2.82. The molecular weight excluding hydrogens is 264 g/mol. The Kier molecular flexibility index (Phi) is 4.48. The van der Waals surface area contributed by atoms with E-state index in [1.165, 1.54) is 21.1 Å². The van der Waals surface area contributed by atoms with E-state index in [-0.39, 0.29) is 5.41 Å². The summed E-state index contributed by atoms with van der Waals surface area (Å²) in [5, 5.41) is 4.66. The van der Waals surface area contributed by atoms with Crippen molar-refractivity contribution in [2.45, 2.75) is 52.5 Å². The Bertz CT molecular complexity index is 547. The van der Waals surface area contributed by atoms with E-state index in [1.807, 2.05) is 6.20 Å². The van der Waals surface area contributed by atoms with E-state index in [1.54, 1.807) is 11.3 Å². The van der Waals surface area contributed by atoms with Crippen LogP contribution < -0.4 is 5.32 Å². The van der Waals surface area contributed by atoms with Gasteiger partial charge in [0.1, 0.15) is 0 Å². The summed E-state index contributed by atoms with van der Waals surface area (Å²) in [6, 6.07) is 8.70. The molecule has 0 bridgehead atoms. The van der Waals surface area contributed by atoms with Crippen molar-refractivity contribution >= 4 is 17.0 Å². The molecule has 2 aromatic rings. The molecule has 0 saturated heterocycles. The lowest BCUT2D eigenvalue weighted by molar-refractivity contribution is 0.585. The third-order valence-electron chi connectivity index (χ3n) is 3.24. The highest BCUT2D eigenvalue weighted by Crippen LogP contribution is 2.27. The molecule has 0 amide bonds. The largest absolute Gasteiger partial charge is 0.380 e. The van der Waals surface area contributed by atoms with Crippen LogP contribution in [-0.4, -0.2) is 4.98 Å². The van der Waals surface area contributed by atoms with Crippen molar-refractivity contribution in [2.75, 3.05) is 5.32 Å². The molecule has 0 aliphatic heterocycles. The van der Waals surface area contributed by atoms with Gasteiger partial charge in [-0.3, -0.25) is 0 Å². The lowest BCUT2D eigenvalue weighted by Crippen LogP contribution is -2.09. The van der Waals surface area contributed by atoms with Crippen molar-refractivity contribution in [3.63, 3.8) is 0 Å². The maximum absolute atomic E-state index is 4.52. The molecule has 0 spiro atoms. The molecule has 1 aromatic heterocycles. The van der Waals surface area contributed by atoms with E-state index in [9.17, 15) is 0 Å². The third-order valence-corrected chi connectivity index (χ3v) is 4.66. The number of nitrogens with zero attached hydrogens (tertiary/aromatic N) is 1. The Hall–Kier alpha value is -1.35. The molecule has 2 rings (SSSR count). The average Bonchev–Trinajstić information content (AvgIpc) is 2.85. The summed E-state index contributed by atoms with van der Waals surface area (Å²) in [4.78, 5) is 5.80. The standard InChI is InChI=1S/C17H24N2S/c1-12(2)13-6-8-14(9-7-13)18-10-15-11-19-16(20-15)17(3,4)5/h6-9,11-12,18H,10H2,1-5H3. The van der Waals surface area contributed by atoms with Crippen molar-refractivity contribution in [3.8, 4) is 0 Å². The summed E-state index contributed by atoms with van der Waals surface area (Å²) in [5.41, 5.74) is 2.69. The van der Waals surface area contributed by atoms with Gasteiger partial charge in [-0.25, -0.2) is 4.98 Å². The fourth-order valence-electron chi connectivity index (χ4n) is 1.91. The van der Waals surface area contributed by atoms with Crippen molar-refractivity contribution < 1.29 is 0 Å². The first-order chi connectivity index (χ1) is 9.36. The zero-order chi connectivity index (χ0) is 14.8. The van der Waals surface area contributed by atoms with E-state index in [2.05, 4.69) is 69.2 Å². The second-order valence-corrected chi connectivity index (χ2v) is 7.63. The van der Waals surface area contributed by atoms with Crippen molar-refractivity contribution in [1.82, 2.24) is 4.98 Å². The van der Waals surface area contributed by atoms with Gasteiger partial charge in [0, 0.05) is 22.2 Å². The summed E-state index contributed by atoms with van der Waals surface area (Å²) in [7, 11) is 0. The van der Waals surface area contributed by atoms with Gasteiger partial charge in [0.15, 0.2) is 0 Å². The first kappa shape index (κ1) is 15.0. The van der Waals surface area contributed by atoms with Crippen molar-refractivity contribution in [1.29, 1.82) is 0 Å². The predicted molar refractivity (Wildman–Crippen MR) is 88.7 cm³/mol. The van der Waals surface area contributed by atoms with E-state index in [0.717, 1.165) is 6.54 Å². The van der Waals surface area contributed by atoms with Crippen LogP contribution in [0.15, 0.2) is 30.5 Å². The summed E-state index contributed by atoms with van der Waals surface area (Å²) in [5.74, 6) is 0.583. The average molecular weight is 288 g/mol. The molecule has 3 heteroatoms.